The van der Waals surface area contributed by atoms with Gasteiger partial charge in [0.05, 0.1) is 18.7 Å². The molecule has 0 spiro atoms. The van der Waals surface area contributed by atoms with E-state index in [1.807, 2.05) is 37.7 Å². The molecule has 0 saturated heterocycles. The maximum atomic E-state index is 12.9. The van der Waals surface area contributed by atoms with Gasteiger partial charge in [0.1, 0.15) is 5.82 Å². The minimum Gasteiger partial charge on any atom is -0.310 e. The first-order chi connectivity index (χ1) is 15.0. The molecule has 0 bridgehead atoms. The van der Waals surface area contributed by atoms with E-state index in [2.05, 4.69) is 49.7 Å². The number of aryl methyl sites for hydroxylation is 4. The number of nitrogens with zero attached hydrogens (tertiary/aromatic N) is 6. The van der Waals surface area contributed by atoms with E-state index in [0.717, 1.165) is 42.0 Å². The number of anilines is 1. The monoisotopic (exact) mass is 415 g/mol. The Morgan fingerprint density at radius 2 is 2.03 bits per heavy atom. The van der Waals surface area contributed by atoms with Gasteiger partial charge in [-0.3, -0.25) is 4.79 Å². The third kappa shape index (κ3) is 3.58. The van der Waals surface area contributed by atoms with E-state index in [0.29, 0.717) is 11.6 Å². The van der Waals surface area contributed by atoms with Crippen molar-refractivity contribution < 1.29 is 4.79 Å². The van der Waals surface area contributed by atoms with E-state index in [-0.39, 0.29) is 18.4 Å². The number of hydrogen-bond acceptors (Lipinski definition) is 5. The zero-order valence-corrected chi connectivity index (χ0v) is 18.0. The molecule has 1 unspecified atom stereocenters. The Hall–Kier alpha value is -3.55. The topological polar surface area (TPSA) is 90.0 Å². The van der Waals surface area contributed by atoms with Gasteiger partial charge in [0.25, 0.3) is 5.78 Å². The van der Waals surface area contributed by atoms with Crippen molar-refractivity contribution in [3.05, 3.63) is 70.4 Å². The molecule has 1 aliphatic rings. The van der Waals surface area contributed by atoms with Gasteiger partial charge in [0.15, 0.2) is 5.82 Å². The van der Waals surface area contributed by atoms with Crippen molar-refractivity contribution in [3.63, 3.8) is 0 Å². The molecule has 0 saturated carbocycles. The van der Waals surface area contributed by atoms with E-state index in [1.165, 1.54) is 11.1 Å². The SMILES string of the molecule is Cc1cc(C)n2nc(CC(=O)Nc3c(C)cnn3C3CCCc4ccccc43)nc2n1. The molecule has 3 heterocycles. The highest BCUT2D eigenvalue weighted by molar-refractivity contribution is 5.91. The second-order valence-electron chi connectivity index (χ2n) is 8.23. The van der Waals surface area contributed by atoms with Gasteiger partial charge >= 0.3 is 0 Å². The smallest absolute Gasteiger partial charge is 0.252 e. The number of carbonyl (C=O) groups excluding carboxylic acids is 1. The highest BCUT2D eigenvalue weighted by atomic mass is 16.1. The maximum Gasteiger partial charge on any atom is 0.252 e. The first-order valence-electron chi connectivity index (χ1n) is 10.6. The molecule has 0 fully saturated rings. The summed E-state index contributed by atoms with van der Waals surface area (Å²) in [5, 5.41) is 12.1. The van der Waals surface area contributed by atoms with E-state index in [4.69, 9.17) is 0 Å². The van der Waals surface area contributed by atoms with E-state index in [1.54, 1.807) is 4.52 Å². The number of rotatable bonds is 4. The summed E-state index contributed by atoms with van der Waals surface area (Å²) in [4.78, 5) is 21.7. The third-order valence-corrected chi connectivity index (χ3v) is 5.85. The normalized spacial score (nSPS) is 15.8. The van der Waals surface area contributed by atoms with Gasteiger partial charge in [0.2, 0.25) is 5.91 Å². The van der Waals surface area contributed by atoms with Crippen LogP contribution in [0, 0.1) is 20.8 Å². The molecule has 3 aromatic heterocycles. The first-order valence-corrected chi connectivity index (χ1v) is 10.6. The molecule has 31 heavy (non-hydrogen) atoms. The Kier molecular flexibility index (Phi) is 4.77. The summed E-state index contributed by atoms with van der Waals surface area (Å²) in [7, 11) is 0. The van der Waals surface area contributed by atoms with Crippen LogP contribution < -0.4 is 5.32 Å². The Morgan fingerprint density at radius 1 is 1.19 bits per heavy atom. The summed E-state index contributed by atoms with van der Waals surface area (Å²) in [6.45, 7) is 5.83. The van der Waals surface area contributed by atoms with Crippen LogP contribution in [-0.4, -0.2) is 35.3 Å². The predicted octanol–water partition coefficient (Wildman–Crippen LogP) is 3.35. The molecule has 1 atom stereocenters. The molecular formula is C23H25N7O. The molecule has 1 aromatic carbocycles. The van der Waals surface area contributed by atoms with Gasteiger partial charge in [-0.15, -0.1) is 5.10 Å². The van der Waals surface area contributed by atoms with Crippen LogP contribution in [0.3, 0.4) is 0 Å². The van der Waals surface area contributed by atoms with Gasteiger partial charge in [-0.1, -0.05) is 24.3 Å². The van der Waals surface area contributed by atoms with Gasteiger partial charge in [-0.25, -0.2) is 14.2 Å². The predicted molar refractivity (Wildman–Crippen MR) is 117 cm³/mol. The Balaban J connectivity index is 1.40. The summed E-state index contributed by atoms with van der Waals surface area (Å²) >= 11 is 0. The van der Waals surface area contributed by atoms with Crippen molar-refractivity contribution in [2.75, 3.05) is 5.32 Å². The highest BCUT2D eigenvalue weighted by Gasteiger charge is 2.25. The van der Waals surface area contributed by atoms with Crippen molar-refractivity contribution in [3.8, 4) is 0 Å². The fourth-order valence-electron chi connectivity index (χ4n) is 4.43. The van der Waals surface area contributed by atoms with Crippen molar-refractivity contribution >= 4 is 17.5 Å². The van der Waals surface area contributed by atoms with Crippen molar-refractivity contribution in [2.24, 2.45) is 0 Å². The molecule has 1 N–H and O–H groups in total. The quantitative estimate of drug-likeness (QED) is 0.552. The molecule has 8 nitrogen and oxygen atoms in total. The first kappa shape index (κ1) is 19.4. The lowest BCUT2D eigenvalue weighted by atomic mass is 9.88. The van der Waals surface area contributed by atoms with Crippen LogP contribution >= 0.6 is 0 Å². The highest BCUT2D eigenvalue weighted by Crippen LogP contribution is 2.35. The van der Waals surface area contributed by atoms with Crippen LogP contribution in [0.2, 0.25) is 0 Å². The van der Waals surface area contributed by atoms with Gasteiger partial charge in [0, 0.05) is 17.0 Å². The lowest BCUT2D eigenvalue weighted by Crippen LogP contribution is -2.23. The molecule has 0 radical (unpaired) electrons. The van der Waals surface area contributed by atoms with Gasteiger partial charge in [-0.2, -0.15) is 10.1 Å². The second kappa shape index (κ2) is 7.61. The van der Waals surface area contributed by atoms with Crippen molar-refractivity contribution in [2.45, 2.75) is 52.5 Å². The number of hydrogen-bond donors (Lipinski definition) is 1. The van der Waals surface area contributed by atoms with Gasteiger partial charge in [-0.05, 0) is 57.2 Å². The molecule has 1 aliphatic carbocycles. The average Bonchev–Trinajstić information content (AvgIpc) is 3.31. The zero-order valence-electron chi connectivity index (χ0n) is 18.0. The fraction of sp³-hybridized carbons (Fsp3) is 0.348. The van der Waals surface area contributed by atoms with Crippen LogP contribution in [0.5, 0.6) is 0 Å². The van der Waals surface area contributed by atoms with E-state index in [9.17, 15) is 4.79 Å². The van der Waals surface area contributed by atoms with E-state index >= 15 is 0 Å². The van der Waals surface area contributed by atoms with Crippen LogP contribution in [0.4, 0.5) is 5.82 Å². The average molecular weight is 416 g/mol. The number of fused-ring (bicyclic) bond motifs is 2. The summed E-state index contributed by atoms with van der Waals surface area (Å²) in [6, 6.07) is 10.6. The number of benzene rings is 1. The third-order valence-electron chi connectivity index (χ3n) is 5.85. The molecule has 8 heteroatoms. The number of amides is 1. The fourth-order valence-corrected chi connectivity index (χ4v) is 4.43. The van der Waals surface area contributed by atoms with Crippen LogP contribution in [0.15, 0.2) is 36.5 Å². The number of carbonyl (C=O) groups is 1. The molecule has 1 amide bonds. The maximum absolute atomic E-state index is 12.9. The largest absolute Gasteiger partial charge is 0.310 e. The van der Waals surface area contributed by atoms with Gasteiger partial charge < -0.3 is 5.32 Å². The Labute approximate surface area is 180 Å². The van der Waals surface area contributed by atoms with Crippen LogP contribution in [0.25, 0.3) is 5.78 Å². The molecule has 4 aromatic rings. The summed E-state index contributed by atoms with van der Waals surface area (Å²) in [5.74, 6) is 1.53. The van der Waals surface area contributed by atoms with Crippen molar-refractivity contribution in [1.82, 2.24) is 29.4 Å². The lowest BCUT2D eigenvalue weighted by molar-refractivity contribution is -0.115. The Bertz CT molecular complexity index is 1290. The standard InChI is InChI=1S/C23H25N7O/c1-14-13-24-30(19-10-6-8-17-7-4-5-9-18(17)19)22(14)27-21(31)12-20-26-23-25-15(2)11-16(3)29(23)28-20/h4-5,7,9,11,13,19H,6,8,10,12H2,1-3H3,(H,27,31). The Morgan fingerprint density at radius 3 is 2.90 bits per heavy atom. The number of nitrogens with one attached hydrogen (secondary N) is 1. The summed E-state index contributed by atoms with van der Waals surface area (Å²) < 4.78 is 3.63. The van der Waals surface area contributed by atoms with Crippen LogP contribution in [0.1, 0.15) is 52.8 Å². The summed E-state index contributed by atoms with van der Waals surface area (Å²) in [6.07, 6.45) is 5.07. The molecular weight excluding hydrogens is 390 g/mol. The minimum absolute atomic E-state index is 0.0771. The van der Waals surface area contributed by atoms with E-state index < -0.39 is 0 Å². The lowest BCUT2D eigenvalue weighted by Gasteiger charge is -2.27. The van der Waals surface area contributed by atoms with Crippen molar-refractivity contribution in [1.29, 1.82) is 0 Å². The molecule has 0 aliphatic heterocycles. The van der Waals surface area contributed by atoms with Crippen LogP contribution in [-0.2, 0) is 17.6 Å². The molecule has 158 valence electrons. The zero-order chi connectivity index (χ0) is 21.5. The second-order valence-corrected chi connectivity index (χ2v) is 8.23. The molecule has 5 rings (SSSR count). The minimum atomic E-state index is -0.167. The number of aromatic nitrogens is 6. The summed E-state index contributed by atoms with van der Waals surface area (Å²) in [5.41, 5.74) is 5.39.